The zero-order valence-corrected chi connectivity index (χ0v) is 11.7. The number of rotatable bonds is 6. The van der Waals surface area contributed by atoms with E-state index in [0.29, 0.717) is 25.6 Å². The van der Waals surface area contributed by atoms with Gasteiger partial charge in [0.05, 0.1) is 7.11 Å². The van der Waals surface area contributed by atoms with E-state index in [1.165, 1.54) is 11.1 Å². The Labute approximate surface area is 114 Å². The molecule has 0 heterocycles. The van der Waals surface area contributed by atoms with Gasteiger partial charge in [-0.05, 0) is 43.0 Å². The first-order chi connectivity index (χ1) is 9.24. The Morgan fingerprint density at radius 1 is 1.47 bits per heavy atom. The normalized spacial score (nSPS) is 17.1. The number of amides is 1. The Hall–Kier alpha value is -1.55. The van der Waals surface area contributed by atoms with Crippen LogP contribution in [0.5, 0.6) is 5.75 Å². The first kappa shape index (κ1) is 13.9. The first-order valence-corrected chi connectivity index (χ1v) is 6.91. The van der Waals surface area contributed by atoms with Gasteiger partial charge in [-0.3, -0.25) is 4.79 Å². The van der Waals surface area contributed by atoms with Crippen molar-refractivity contribution >= 4 is 5.91 Å². The van der Waals surface area contributed by atoms with Crippen LogP contribution >= 0.6 is 0 Å². The van der Waals surface area contributed by atoms with E-state index in [4.69, 9.17) is 4.74 Å². The second-order valence-electron chi connectivity index (χ2n) is 4.81. The monoisotopic (exact) mass is 262 g/mol. The van der Waals surface area contributed by atoms with Gasteiger partial charge in [0.25, 0.3) is 0 Å². The Morgan fingerprint density at radius 2 is 2.32 bits per heavy atom. The molecule has 1 aromatic rings. The van der Waals surface area contributed by atoms with Crippen LogP contribution in [-0.2, 0) is 11.2 Å². The number of aryl methyl sites for hydroxylation is 1. The summed E-state index contributed by atoms with van der Waals surface area (Å²) in [6, 6.07) is 6.60. The van der Waals surface area contributed by atoms with Gasteiger partial charge in [0.2, 0.25) is 5.91 Å². The summed E-state index contributed by atoms with van der Waals surface area (Å²) >= 11 is 0. The second kappa shape index (κ2) is 6.57. The van der Waals surface area contributed by atoms with E-state index in [0.717, 1.165) is 18.6 Å². The molecule has 0 aromatic heterocycles. The first-order valence-electron chi connectivity index (χ1n) is 6.91. The van der Waals surface area contributed by atoms with Gasteiger partial charge in [-0.25, -0.2) is 0 Å². The summed E-state index contributed by atoms with van der Waals surface area (Å²) in [6.07, 6.45) is 2.72. The van der Waals surface area contributed by atoms with Crippen molar-refractivity contribution in [3.05, 3.63) is 29.3 Å². The minimum absolute atomic E-state index is 0.110. The van der Waals surface area contributed by atoms with Crippen LogP contribution in [0.4, 0.5) is 0 Å². The molecule has 0 radical (unpaired) electrons. The molecule has 19 heavy (non-hydrogen) atoms. The molecule has 0 aliphatic heterocycles. The van der Waals surface area contributed by atoms with Gasteiger partial charge in [0, 0.05) is 25.6 Å². The molecule has 4 nitrogen and oxygen atoms in total. The topological polar surface area (TPSA) is 50.4 Å². The molecule has 4 heteroatoms. The highest BCUT2D eigenvalue weighted by molar-refractivity contribution is 5.75. The summed E-state index contributed by atoms with van der Waals surface area (Å²) < 4.78 is 5.27. The molecule has 0 saturated carbocycles. The molecule has 0 bridgehead atoms. The Bertz CT molecular complexity index is 446. The Balaban J connectivity index is 1.89. The highest BCUT2D eigenvalue weighted by atomic mass is 16.5. The number of nitrogens with one attached hydrogen (secondary N) is 2. The standard InChI is InChI=1S/C15H22N2O2/c1-3-16-15(18)8-9-17-14-7-5-11-4-6-12(19-2)10-13(11)14/h4,6,10,14,17H,3,5,7-9H2,1-2H3,(H,16,18). The molecule has 1 aliphatic carbocycles. The lowest BCUT2D eigenvalue weighted by Gasteiger charge is -2.14. The number of ether oxygens (including phenoxy) is 1. The third-order valence-electron chi connectivity index (χ3n) is 3.55. The average Bonchev–Trinajstić information content (AvgIpc) is 2.81. The molecule has 104 valence electrons. The lowest BCUT2D eigenvalue weighted by molar-refractivity contribution is -0.120. The molecule has 1 atom stereocenters. The fourth-order valence-corrected chi connectivity index (χ4v) is 2.56. The molecule has 1 aliphatic rings. The van der Waals surface area contributed by atoms with E-state index in [9.17, 15) is 4.79 Å². The van der Waals surface area contributed by atoms with Crippen LogP contribution in [-0.4, -0.2) is 26.1 Å². The van der Waals surface area contributed by atoms with E-state index in [-0.39, 0.29) is 5.91 Å². The number of benzene rings is 1. The van der Waals surface area contributed by atoms with Crippen molar-refractivity contribution < 1.29 is 9.53 Å². The van der Waals surface area contributed by atoms with Crippen molar-refractivity contribution in [2.24, 2.45) is 0 Å². The third kappa shape index (κ3) is 3.47. The predicted molar refractivity (Wildman–Crippen MR) is 75.4 cm³/mol. The van der Waals surface area contributed by atoms with Crippen LogP contribution in [0.15, 0.2) is 18.2 Å². The van der Waals surface area contributed by atoms with Gasteiger partial charge in [-0.2, -0.15) is 0 Å². The van der Waals surface area contributed by atoms with Crippen molar-refractivity contribution in [1.82, 2.24) is 10.6 Å². The molecule has 1 aromatic carbocycles. The van der Waals surface area contributed by atoms with Gasteiger partial charge in [-0.15, -0.1) is 0 Å². The number of carbonyl (C=O) groups excluding carboxylic acids is 1. The summed E-state index contributed by atoms with van der Waals surface area (Å²) in [7, 11) is 1.69. The SMILES string of the molecule is CCNC(=O)CCNC1CCc2ccc(OC)cc21. The van der Waals surface area contributed by atoms with Gasteiger partial charge in [0.1, 0.15) is 5.75 Å². The van der Waals surface area contributed by atoms with E-state index in [1.807, 2.05) is 13.0 Å². The molecule has 0 spiro atoms. The summed E-state index contributed by atoms with van der Waals surface area (Å²) in [4.78, 5) is 11.4. The predicted octanol–water partition coefficient (Wildman–Crippen LogP) is 1.80. The van der Waals surface area contributed by atoms with Crippen molar-refractivity contribution in [2.75, 3.05) is 20.2 Å². The maximum absolute atomic E-state index is 11.4. The molecule has 1 amide bonds. The number of methoxy groups -OCH3 is 1. The Morgan fingerprint density at radius 3 is 3.05 bits per heavy atom. The molecular formula is C15H22N2O2. The third-order valence-corrected chi connectivity index (χ3v) is 3.55. The van der Waals surface area contributed by atoms with E-state index in [2.05, 4.69) is 22.8 Å². The molecule has 0 fully saturated rings. The summed E-state index contributed by atoms with van der Waals surface area (Å²) in [5.41, 5.74) is 2.70. The van der Waals surface area contributed by atoms with E-state index < -0.39 is 0 Å². The number of hydrogen-bond donors (Lipinski definition) is 2. The molecule has 2 N–H and O–H groups in total. The average molecular weight is 262 g/mol. The van der Waals surface area contributed by atoms with Crippen molar-refractivity contribution in [2.45, 2.75) is 32.2 Å². The number of hydrogen-bond acceptors (Lipinski definition) is 3. The van der Waals surface area contributed by atoms with Crippen LogP contribution in [0.2, 0.25) is 0 Å². The van der Waals surface area contributed by atoms with Crippen molar-refractivity contribution in [3.63, 3.8) is 0 Å². The maximum atomic E-state index is 11.4. The summed E-state index contributed by atoms with van der Waals surface area (Å²) in [5.74, 6) is 1.01. The zero-order valence-electron chi connectivity index (χ0n) is 11.7. The van der Waals surface area contributed by atoms with Crippen LogP contribution in [0.3, 0.4) is 0 Å². The van der Waals surface area contributed by atoms with Crippen LogP contribution in [0, 0.1) is 0 Å². The maximum Gasteiger partial charge on any atom is 0.221 e. The fourth-order valence-electron chi connectivity index (χ4n) is 2.56. The summed E-state index contributed by atoms with van der Waals surface area (Å²) in [5, 5.41) is 6.27. The van der Waals surface area contributed by atoms with E-state index in [1.54, 1.807) is 7.11 Å². The summed E-state index contributed by atoms with van der Waals surface area (Å²) in [6.45, 7) is 3.35. The number of carbonyl (C=O) groups is 1. The van der Waals surface area contributed by atoms with Crippen molar-refractivity contribution in [1.29, 1.82) is 0 Å². The fraction of sp³-hybridized carbons (Fsp3) is 0.533. The van der Waals surface area contributed by atoms with Gasteiger partial charge in [0.15, 0.2) is 0 Å². The molecule has 1 unspecified atom stereocenters. The largest absolute Gasteiger partial charge is 0.497 e. The van der Waals surface area contributed by atoms with Crippen LogP contribution < -0.4 is 15.4 Å². The zero-order chi connectivity index (χ0) is 13.7. The number of fused-ring (bicyclic) bond motifs is 1. The molecular weight excluding hydrogens is 240 g/mol. The highest BCUT2D eigenvalue weighted by Crippen LogP contribution is 2.33. The lowest BCUT2D eigenvalue weighted by atomic mass is 10.1. The van der Waals surface area contributed by atoms with Gasteiger partial charge < -0.3 is 15.4 Å². The smallest absolute Gasteiger partial charge is 0.221 e. The Kier molecular flexibility index (Phi) is 4.80. The minimum Gasteiger partial charge on any atom is -0.497 e. The van der Waals surface area contributed by atoms with Crippen LogP contribution in [0.25, 0.3) is 0 Å². The lowest BCUT2D eigenvalue weighted by Crippen LogP contribution is -2.28. The van der Waals surface area contributed by atoms with Gasteiger partial charge >= 0.3 is 0 Å². The van der Waals surface area contributed by atoms with Crippen molar-refractivity contribution in [3.8, 4) is 5.75 Å². The van der Waals surface area contributed by atoms with Gasteiger partial charge in [-0.1, -0.05) is 6.07 Å². The van der Waals surface area contributed by atoms with E-state index >= 15 is 0 Å². The molecule has 2 rings (SSSR count). The highest BCUT2D eigenvalue weighted by Gasteiger charge is 2.22. The van der Waals surface area contributed by atoms with Crippen LogP contribution in [0.1, 0.15) is 36.9 Å². The minimum atomic E-state index is 0.110. The quantitative estimate of drug-likeness (QED) is 0.822. The molecule has 0 saturated heterocycles. The second-order valence-corrected chi connectivity index (χ2v) is 4.81.